The first-order chi connectivity index (χ1) is 25.5. The lowest BCUT2D eigenvalue weighted by Gasteiger charge is -2.18. The molecule has 0 atom stereocenters. The van der Waals surface area contributed by atoms with E-state index in [1.165, 1.54) is 0 Å². The standard InChI is InChI=1S/C44H36N6O2/c1-30-16-18-33(19-17-30)42(38-28-45-40-22-20-34(26-36(38)40)43(51)49-47-24-8-14-31-10-4-2-5-11-31)39-29-46-41-23-21-35(27-37(39)41)44(52)50-48-25-9-15-32-12-6-3-7-13-32/h2-29,42,45-46H,1H3,(H,49,51)(H,50,52)/b14-8+,15-9+,47-24+,48-25+. The van der Waals surface area contributed by atoms with Gasteiger partial charge in [0.05, 0.1) is 0 Å². The van der Waals surface area contributed by atoms with Crippen LogP contribution in [-0.4, -0.2) is 34.2 Å². The third kappa shape index (κ3) is 7.72. The molecule has 0 unspecified atom stereocenters. The summed E-state index contributed by atoms with van der Waals surface area (Å²) in [5, 5.41) is 10.0. The molecule has 0 aliphatic rings. The lowest BCUT2D eigenvalue weighted by Crippen LogP contribution is -2.17. The van der Waals surface area contributed by atoms with E-state index in [0.29, 0.717) is 11.1 Å². The molecule has 0 aliphatic carbocycles. The number of benzene rings is 5. The van der Waals surface area contributed by atoms with E-state index in [4.69, 9.17) is 0 Å². The Morgan fingerprint density at radius 2 is 1.06 bits per heavy atom. The number of hydrazone groups is 2. The largest absolute Gasteiger partial charge is 0.361 e. The monoisotopic (exact) mass is 680 g/mol. The van der Waals surface area contributed by atoms with E-state index in [9.17, 15) is 9.59 Å². The number of hydrogen-bond acceptors (Lipinski definition) is 4. The van der Waals surface area contributed by atoms with Gasteiger partial charge in [0.2, 0.25) is 0 Å². The van der Waals surface area contributed by atoms with Gasteiger partial charge in [-0.2, -0.15) is 10.2 Å². The minimum Gasteiger partial charge on any atom is -0.361 e. The van der Waals surface area contributed by atoms with E-state index >= 15 is 0 Å². The highest BCUT2D eigenvalue weighted by Crippen LogP contribution is 2.40. The number of rotatable bonds is 11. The summed E-state index contributed by atoms with van der Waals surface area (Å²) in [7, 11) is 0. The third-order valence-electron chi connectivity index (χ3n) is 8.81. The molecule has 254 valence electrons. The number of H-pyrrole nitrogens is 2. The summed E-state index contributed by atoms with van der Waals surface area (Å²) in [5.74, 6) is -0.848. The number of hydrogen-bond donors (Lipinski definition) is 4. The Morgan fingerprint density at radius 3 is 1.52 bits per heavy atom. The second-order valence-electron chi connectivity index (χ2n) is 12.3. The highest BCUT2D eigenvalue weighted by Gasteiger charge is 2.24. The summed E-state index contributed by atoms with van der Waals surface area (Å²) in [6.07, 6.45) is 14.5. The van der Waals surface area contributed by atoms with Crippen LogP contribution >= 0.6 is 0 Å². The van der Waals surface area contributed by atoms with Crippen molar-refractivity contribution in [2.75, 3.05) is 0 Å². The van der Waals surface area contributed by atoms with Crippen molar-refractivity contribution in [1.29, 1.82) is 0 Å². The molecule has 2 amide bonds. The molecule has 0 radical (unpaired) electrons. The smallest absolute Gasteiger partial charge is 0.271 e. The van der Waals surface area contributed by atoms with Gasteiger partial charge in [-0.25, -0.2) is 10.9 Å². The molecular weight excluding hydrogens is 645 g/mol. The normalized spacial score (nSPS) is 12.0. The van der Waals surface area contributed by atoms with Crippen LogP contribution in [0.4, 0.5) is 0 Å². The van der Waals surface area contributed by atoms with Crippen LogP contribution in [0.2, 0.25) is 0 Å². The maximum atomic E-state index is 13.2. The van der Waals surface area contributed by atoms with Crippen molar-refractivity contribution in [1.82, 2.24) is 20.8 Å². The van der Waals surface area contributed by atoms with Crippen LogP contribution in [0.5, 0.6) is 0 Å². The minimum atomic E-state index is -0.314. The van der Waals surface area contributed by atoms with Crippen LogP contribution in [0.3, 0.4) is 0 Å². The Bertz CT molecular complexity index is 2300. The Morgan fingerprint density at radius 1 is 0.596 bits per heavy atom. The molecule has 4 N–H and O–H groups in total. The zero-order valence-electron chi connectivity index (χ0n) is 28.5. The maximum absolute atomic E-state index is 13.2. The first-order valence-corrected chi connectivity index (χ1v) is 16.9. The highest BCUT2D eigenvalue weighted by molar-refractivity contribution is 6.01. The third-order valence-corrected chi connectivity index (χ3v) is 8.81. The van der Waals surface area contributed by atoms with E-state index < -0.39 is 0 Å². The second kappa shape index (κ2) is 15.7. The van der Waals surface area contributed by atoms with Gasteiger partial charge in [0.1, 0.15) is 0 Å². The van der Waals surface area contributed by atoms with Gasteiger partial charge in [0.15, 0.2) is 0 Å². The van der Waals surface area contributed by atoms with Gasteiger partial charge < -0.3 is 9.97 Å². The zero-order chi connectivity index (χ0) is 35.7. The van der Waals surface area contributed by atoms with E-state index in [-0.39, 0.29) is 17.7 Å². The van der Waals surface area contributed by atoms with Crippen molar-refractivity contribution >= 4 is 58.2 Å². The first-order valence-electron chi connectivity index (χ1n) is 16.9. The zero-order valence-corrected chi connectivity index (χ0v) is 28.5. The first kappa shape index (κ1) is 33.4. The van der Waals surface area contributed by atoms with Crippen LogP contribution in [0.25, 0.3) is 34.0 Å². The number of nitrogens with zero attached hydrogens (tertiary/aromatic N) is 2. The number of fused-ring (bicyclic) bond motifs is 2. The Hall–Kier alpha value is -7.06. The van der Waals surface area contributed by atoms with Gasteiger partial charge in [-0.05, 0) is 83.3 Å². The summed E-state index contributed by atoms with van der Waals surface area (Å²) in [4.78, 5) is 33.2. The number of carbonyl (C=O) groups is 2. The molecule has 0 aliphatic heterocycles. The average molecular weight is 681 g/mol. The summed E-state index contributed by atoms with van der Waals surface area (Å²) >= 11 is 0. The number of aromatic nitrogens is 2. The highest BCUT2D eigenvalue weighted by atomic mass is 16.2. The topological polar surface area (TPSA) is 114 Å². The molecule has 0 fully saturated rings. The molecule has 7 rings (SSSR count). The van der Waals surface area contributed by atoms with Crippen LogP contribution < -0.4 is 10.9 Å². The number of carbonyl (C=O) groups excluding carboxylic acids is 2. The van der Waals surface area contributed by atoms with Crippen molar-refractivity contribution in [3.05, 3.63) is 190 Å². The summed E-state index contributed by atoms with van der Waals surface area (Å²) in [5.41, 5.74) is 14.3. The van der Waals surface area contributed by atoms with Crippen molar-refractivity contribution in [2.45, 2.75) is 12.8 Å². The van der Waals surface area contributed by atoms with Gasteiger partial charge in [0.25, 0.3) is 11.8 Å². The number of amides is 2. The number of aromatic amines is 2. The fraction of sp³-hybridized carbons (Fsp3) is 0.0455. The van der Waals surface area contributed by atoms with Crippen LogP contribution in [0.1, 0.15) is 60.0 Å². The minimum absolute atomic E-state index is 0.220. The molecule has 2 aromatic heterocycles. The molecular formula is C44H36N6O2. The van der Waals surface area contributed by atoms with Gasteiger partial charge in [-0.1, -0.05) is 103 Å². The number of nitrogens with one attached hydrogen (secondary N) is 4. The molecule has 5 aromatic carbocycles. The fourth-order valence-electron chi connectivity index (χ4n) is 6.17. The average Bonchev–Trinajstić information content (AvgIpc) is 3.80. The molecule has 8 heteroatoms. The van der Waals surface area contributed by atoms with E-state index in [2.05, 4.69) is 62.2 Å². The van der Waals surface area contributed by atoms with Gasteiger partial charge in [-0.15, -0.1) is 0 Å². The van der Waals surface area contributed by atoms with Crippen molar-refractivity contribution in [3.8, 4) is 0 Å². The van der Waals surface area contributed by atoms with Crippen LogP contribution in [-0.2, 0) is 0 Å². The molecule has 52 heavy (non-hydrogen) atoms. The van der Waals surface area contributed by atoms with Crippen LogP contribution in [0, 0.1) is 6.92 Å². The van der Waals surface area contributed by atoms with Crippen molar-refractivity contribution < 1.29 is 9.59 Å². The summed E-state index contributed by atoms with van der Waals surface area (Å²) < 4.78 is 0. The van der Waals surface area contributed by atoms with E-state index in [1.807, 2.05) is 109 Å². The SMILES string of the molecule is Cc1ccc(C(c2c[nH]c3ccc(C(=O)N/N=C/C=C/c4ccccc4)cc23)c2c[nH]c3ccc(C(=O)N/N=C/C=C/c4ccccc4)cc23)cc1. The molecule has 0 saturated carbocycles. The lowest BCUT2D eigenvalue weighted by molar-refractivity contribution is 0.0947. The van der Waals surface area contributed by atoms with Crippen LogP contribution in [0.15, 0.2) is 156 Å². The lowest BCUT2D eigenvalue weighted by atomic mass is 9.84. The number of aryl methyl sites for hydroxylation is 1. The summed E-state index contributed by atoms with van der Waals surface area (Å²) in [6.45, 7) is 2.06. The molecule has 0 bridgehead atoms. The Balaban J connectivity index is 1.17. The van der Waals surface area contributed by atoms with Crippen molar-refractivity contribution in [2.24, 2.45) is 10.2 Å². The van der Waals surface area contributed by atoms with Gasteiger partial charge >= 0.3 is 0 Å². The number of allylic oxidation sites excluding steroid dienone is 2. The predicted octanol–water partition coefficient (Wildman–Crippen LogP) is 9.00. The van der Waals surface area contributed by atoms with E-state index in [1.54, 1.807) is 36.7 Å². The maximum Gasteiger partial charge on any atom is 0.271 e. The molecule has 7 aromatic rings. The van der Waals surface area contributed by atoms with E-state index in [0.717, 1.165) is 55.2 Å². The molecule has 8 nitrogen and oxygen atoms in total. The van der Waals surface area contributed by atoms with Gasteiger partial charge in [-0.3, -0.25) is 9.59 Å². The molecule has 0 saturated heterocycles. The fourth-order valence-corrected chi connectivity index (χ4v) is 6.17. The summed E-state index contributed by atoms with van der Waals surface area (Å²) in [6, 6.07) is 39.4. The quantitative estimate of drug-likeness (QED) is 0.0807. The Labute approximate surface area is 301 Å². The Kier molecular flexibility index (Phi) is 10.1. The molecule has 2 heterocycles. The molecule has 0 spiro atoms. The van der Waals surface area contributed by atoms with Gasteiger partial charge in [0, 0.05) is 63.7 Å². The predicted molar refractivity (Wildman–Crippen MR) is 212 cm³/mol. The van der Waals surface area contributed by atoms with Crippen molar-refractivity contribution in [3.63, 3.8) is 0 Å². The second-order valence-corrected chi connectivity index (χ2v) is 12.3.